The van der Waals surface area contributed by atoms with Crippen LogP contribution in [0, 0.1) is 5.82 Å². The molecule has 2 saturated heterocycles. The Balaban J connectivity index is 0.00000156. The Kier molecular flexibility index (Phi) is 9.95. The van der Waals surface area contributed by atoms with Crippen molar-refractivity contribution >= 4 is 30.6 Å². The number of rotatable bonds is 6. The highest BCUT2D eigenvalue weighted by atomic mass is 35.5. The second-order valence-corrected chi connectivity index (χ2v) is 6.85. The number of benzene rings is 1. The topological polar surface area (TPSA) is 23.6 Å². The molecule has 2 fully saturated rings. The molecular weight excluding hydrogens is 362 g/mol. The summed E-state index contributed by atoms with van der Waals surface area (Å²) in [6.45, 7) is 5.89. The lowest BCUT2D eigenvalue weighted by molar-refractivity contribution is 0.0961. The van der Waals surface area contributed by atoms with E-state index in [-0.39, 0.29) is 36.4 Å². The Bertz CT molecular complexity index is 513. The fourth-order valence-corrected chi connectivity index (χ4v) is 3.86. The van der Waals surface area contributed by atoms with Gasteiger partial charge in [-0.3, -0.25) is 4.79 Å². The second-order valence-electron chi connectivity index (χ2n) is 6.85. The molecule has 0 atom stereocenters. The van der Waals surface area contributed by atoms with Crippen LogP contribution in [0.1, 0.15) is 48.9 Å². The van der Waals surface area contributed by atoms with Gasteiger partial charge in [-0.05, 0) is 89.1 Å². The molecule has 3 rings (SSSR count). The van der Waals surface area contributed by atoms with Crippen LogP contribution in [-0.4, -0.2) is 54.3 Å². The molecule has 0 spiro atoms. The maximum absolute atomic E-state index is 12.9. The molecule has 1 aromatic rings. The fourth-order valence-electron chi connectivity index (χ4n) is 3.86. The number of carbonyl (C=O) groups excluding carboxylic acids is 1. The monoisotopic (exact) mass is 390 g/mol. The van der Waals surface area contributed by atoms with Crippen LogP contribution in [0.5, 0.6) is 0 Å². The first-order valence-electron chi connectivity index (χ1n) is 8.97. The molecule has 0 bridgehead atoms. The zero-order valence-electron chi connectivity index (χ0n) is 14.7. The number of ketones is 1. The molecule has 0 amide bonds. The van der Waals surface area contributed by atoms with E-state index in [1.807, 2.05) is 0 Å². The van der Waals surface area contributed by atoms with Gasteiger partial charge in [-0.2, -0.15) is 0 Å². The van der Waals surface area contributed by atoms with Crippen molar-refractivity contribution in [1.29, 1.82) is 0 Å². The van der Waals surface area contributed by atoms with E-state index in [0.29, 0.717) is 12.0 Å². The first-order chi connectivity index (χ1) is 11.2. The van der Waals surface area contributed by atoms with Gasteiger partial charge < -0.3 is 9.80 Å². The summed E-state index contributed by atoms with van der Waals surface area (Å²) in [7, 11) is 0. The van der Waals surface area contributed by atoms with Crippen molar-refractivity contribution < 1.29 is 9.18 Å². The van der Waals surface area contributed by atoms with Gasteiger partial charge in [0.2, 0.25) is 0 Å². The van der Waals surface area contributed by atoms with E-state index in [0.717, 1.165) is 32.1 Å². The summed E-state index contributed by atoms with van der Waals surface area (Å²) < 4.78 is 12.9. The number of carbonyl (C=O) groups is 1. The Morgan fingerprint density at radius 3 is 2.20 bits per heavy atom. The highest BCUT2D eigenvalue weighted by molar-refractivity contribution is 5.95. The predicted molar refractivity (Wildman–Crippen MR) is 105 cm³/mol. The molecular formula is C19H29Cl2FN2O. The molecule has 0 aliphatic carbocycles. The second kappa shape index (κ2) is 11.1. The zero-order chi connectivity index (χ0) is 16.1. The van der Waals surface area contributed by atoms with E-state index in [1.54, 1.807) is 12.1 Å². The van der Waals surface area contributed by atoms with Crippen LogP contribution in [0.3, 0.4) is 0 Å². The SMILES string of the molecule is Cl.Cl.O=C(CCCN1CCC(N2CCCC2)CC1)c1ccc(F)cc1. The molecule has 6 heteroatoms. The number of likely N-dealkylation sites (tertiary alicyclic amines) is 2. The summed E-state index contributed by atoms with van der Waals surface area (Å²) in [5.74, 6) is -0.167. The normalized spacial score (nSPS) is 19.2. The minimum atomic E-state index is -0.289. The van der Waals surface area contributed by atoms with Crippen molar-refractivity contribution in [2.45, 2.75) is 44.6 Å². The number of Topliss-reactive ketones (excluding diaryl/α,β-unsaturated/α-hetero) is 1. The van der Waals surface area contributed by atoms with Crippen LogP contribution in [0.4, 0.5) is 4.39 Å². The maximum Gasteiger partial charge on any atom is 0.162 e. The molecule has 0 saturated carbocycles. The average Bonchev–Trinajstić information content (AvgIpc) is 3.10. The molecule has 2 aliphatic rings. The van der Waals surface area contributed by atoms with E-state index in [9.17, 15) is 9.18 Å². The van der Waals surface area contributed by atoms with Crippen LogP contribution in [-0.2, 0) is 0 Å². The van der Waals surface area contributed by atoms with Gasteiger partial charge in [0.05, 0.1) is 0 Å². The van der Waals surface area contributed by atoms with Crippen molar-refractivity contribution in [1.82, 2.24) is 9.80 Å². The van der Waals surface area contributed by atoms with Crippen LogP contribution < -0.4 is 0 Å². The molecule has 3 nitrogen and oxygen atoms in total. The summed E-state index contributed by atoms with van der Waals surface area (Å²) in [6.07, 6.45) is 6.72. The lowest BCUT2D eigenvalue weighted by Crippen LogP contribution is -2.44. The average molecular weight is 391 g/mol. The van der Waals surface area contributed by atoms with Crippen LogP contribution >= 0.6 is 24.8 Å². The van der Waals surface area contributed by atoms with Crippen molar-refractivity contribution in [3.8, 4) is 0 Å². The standard InChI is InChI=1S/C19H27FN2O.2ClH/c20-17-7-5-16(6-8-17)19(23)4-3-11-21-14-9-18(10-15-21)22-12-1-2-13-22;;/h5-8,18H,1-4,9-15H2;2*1H. The maximum atomic E-state index is 12.9. The molecule has 0 unspecified atom stereocenters. The summed E-state index contributed by atoms with van der Waals surface area (Å²) in [6, 6.07) is 6.67. The largest absolute Gasteiger partial charge is 0.303 e. The summed E-state index contributed by atoms with van der Waals surface area (Å²) in [4.78, 5) is 17.2. The molecule has 2 aliphatic heterocycles. The van der Waals surface area contributed by atoms with E-state index in [1.165, 1.54) is 50.9 Å². The Morgan fingerprint density at radius 2 is 1.60 bits per heavy atom. The van der Waals surface area contributed by atoms with Crippen molar-refractivity contribution in [3.05, 3.63) is 35.6 Å². The van der Waals surface area contributed by atoms with Gasteiger partial charge in [-0.1, -0.05) is 0 Å². The van der Waals surface area contributed by atoms with Gasteiger partial charge in [0, 0.05) is 18.0 Å². The first-order valence-corrected chi connectivity index (χ1v) is 8.97. The highest BCUT2D eigenvalue weighted by Crippen LogP contribution is 2.21. The summed E-state index contributed by atoms with van der Waals surface area (Å²) in [5.41, 5.74) is 0.624. The van der Waals surface area contributed by atoms with Gasteiger partial charge in [0.15, 0.2) is 5.78 Å². The third kappa shape index (κ3) is 6.52. The molecule has 0 radical (unpaired) electrons. The number of hydrogen-bond acceptors (Lipinski definition) is 3. The van der Waals surface area contributed by atoms with E-state index in [4.69, 9.17) is 0 Å². The van der Waals surface area contributed by atoms with Gasteiger partial charge in [-0.25, -0.2) is 4.39 Å². The number of piperidine rings is 1. The number of halogens is 3. The zero-order valence-corrected chi connectivity index (χ0v) is 16.3. The molecule has 1 aromatic carbocycles. The smallest absolute Gasteiger partial charge is 0.162 e. The minimum absolute atomic E-state index is 0. The third-order valence-corrected chi connectivity index (χ3v) is 5.26. The van der Waals surface area contributed by atoms with Gasteiger partial charge in [0.1, 0.15) is 5.82 Å². The van der Waals surface area contributed by atoms with Gasteiger partial charge in [0.25, 0.3) is 0 Å². The summed E-state index contributed by atoms with van der Waals surface area (Å²) >= 11 is 0. The number of nitrogens with zero attached hydrogens (tertiary/aromatic N) is 2. The van der Waals surface area contributed by atoms with E-state index >= 15 is 0 Å². The number of hydrogen-bond donors (Lipinski definition) is 0. The summed E-state index contributed by atoms with van der Waals surface area (Å²) in [5, 5.41) is 0. The fraction of sp³-hybridized carbons (Fsp3) is 0.632. The van der Waals surface area contributed by atoms with Crippen LogP contribution in [0.2, 0.25) is 0 Å². The predicted octanol–water partition coefficient (Wildman–Crippen LogP) is 4.19. The molecule has 2 heterocycles. The molecule has 0 N–H and O–H groups in total. The lowest BCUT2D eigenvalue weighted by Gasteiger charge is -2.36. The van der Waals surface area contributed by atoms with E-state index < -0.39 is 0 Å². The van der Waals surface area contributed by atoms with Crippen LogP contribution in [0.15, 0.2) is 24.3 Å². The molecule has 0 aromatic heterocycles. The van der Waals surface area contributed by atoms with Gasteiger partial charge >= 0.3 is 0 Å². The molecule has 25 heavy (non-hydrogen) atoms. The quantitative estimate of drug-likeness (QED) is 0.680. The van der Waals surface area contributed by atoms with Crippen molar-refractivity contribution in [3.63, 3.8) is 0 Å². The third-order valence-electron chi connectivity index (χ3n) is 5.26. The lowest BCUT2D eigenvalue weighted by atomic mass is 10.0. The first kappa shape index (κ1) is 22.4. The Hall–Kier alpha value is -0.680. The van der Waals surface area contributed by atoms with Crippen molar-refractivity contribution in [2.75, 3.05) is 32.7 Å². The molecule has 142 valence electrons. The van der Waals surface area contributed by atoms with Gasteiger partial charge in [-0.15, -0.1) is 24.8 Å². The van der Waals surface area contributed by atoms with Crippen molar-refractivity contribution in [2.24, 2.45) is 0 Å². The Labute approximate surface area is 162 Å². The van der Waals surface area contributed by atoms with Crippen LogP contribution in [0.25, 0.3) is 0 Å². The highest BCUT2D eigenvalue weighted by Gasteiger charge is 2.26. The Morgan fingerprint density at radius 1 is 1.00 bits per heavy atom. The minimum Gasteiger partial charge on any atom is -0.303 e. The van der Waals surface area contributed by atoms with E-state index in [2.05, 4.69) is 9.80 Å².